The van der Waals surface area contributed by atoms with E-state index in [0.717, 1.165) is 46.1 Å². The van der Waals surface area contributed by atoms with Crippen molar-refractivity contribution in [2.24, 2.45) is 9.98 Å². The summed E-state index contributed by atoms with van der Waals surface area (Å²) in [4.78, 5) is 13.5. The zero-order valence-corrected chi connectivity index (χ0v) is 16.3. The largest absolute Gasteiger partial charge is 0.383 e. The first-order valence-electron chi connectivity index (χ1n) is 8.85. The summed E-state index contributed by atoms with van der Waals surface area (Å²) in [7, 11) is 1.70. The van der Waals surface area contributed by atoms with Gasteiger partial charge in [0.1, 0.15) is 5.84 Å². The zero-order chi connectivity index (χ0) is 18.9. The van der Waals surface area contributed by atoms with Gasteiger partial charge in [-0.15, -0.1) is 0 Å². The Hall–Kier alpha value is -2.53. The Labute approximate surface area is 156 Å². The first-order valence-corrected chi connectivity index (χ1v) is 8.85. The molecule has 0 spiro atoms. The molecule has 26 heavy (non-hydrogen) atoms. The lowest BCUT2D eigenvalue weighted by molar-refractivity contribution is 0.211. The highest BCUT2D eigenvalue weighted by Crippen LogP contribution is 2.26. The van der Waals surface area contributed by atoms with Crippen LogP contribution in [0.3, 0.4) is 0 Å². The van der Waals surface area contributed by atoms with Gasteiger partial charge in [-0.25, -0.2) is 4.99 Å². The molecule has 1 aromatic rings. The molecule has 2 heterocycles. The average molecular weight is 352 g/mol. The van der Waals surface area contributed by atoms with Gasteiger partial charge in [-0.05, 0) is 50.5 Å². The summed E-state index contributed by atoms with van der Waals surface area (Å²) < 4.78 is 5.12. The van der Waals surface area contributed by atoms with Gasteiger partial charge in [0.15, 0.2) is 0 Å². The van der Waals surface area contributed by atoms with Crippen molar-refractivity contribution in [3.8, 4) is 0 Å². The molecule has 1 aliphatic heterocycles. The summed E-state index contributed by atoms with van der Waals surface area (Å²) in [6.45, 7) is 10.2. The molecule has 0 atom stereocenters. The highest BCUT2D eigenvalue weighted by Gasteiger charge is 2.10. The summed E-state index contributed by atoms with van der Waals surface area (Å²) in [5.74, 6) is 0.800. The molecule has 0 fully saturated rings. The van der Waals surface area contributed by atoms with Crippen molar-refractivity contribution < 1.29 is 4.74 Å². The molecule has 0 unspecified atom stereocenters. The fraction of sp³-hybridized carbons (Fsp3) is 0.381. The topological polar surface area (TPSA) is 58.9 Å². The van der Waals surface area contributed by atoms with Crippen LogP contribution in [0.25, 0.3) is 5.57 Å². The van der Waals surface area contributed by atoms with Gasteiger partial charge in [0, 0.05) is 25.4 Å². The smallest absolute Gasteiger partial charge is 0.121 e. The lowest BCUT2D eigenvalue weighted by Crippen LogP contribution is -2.09. The van der Waals surface area contributed by atoms with Crippen LogP contribution in [-0.2, 0) is 4.74 Å². The van der Waals surface area contributed by atoms with E-state index in [-0.39, 0.29) is 0 Å². The SMILES string of the molecule is C/C=C\C(=C/C1=NC(C)=NCC=C1C)c1cncc(NCCOC)c1C. The van der Waals surface area contributed by atoms with Crippen LogP contribution in [0.4, 0.5) is 5.69 Å². The molecule has 1 N–H and O–H groups in total. The number of pyridine rings is 1. The molecule has 0 saturated heterocycles. The highest BCUT2D eigenvalue weighted by atomic mass is 16.5. The van der Waals surface area contributed by atoms with Crippen LogP contribution in [0, 0.1) is 6.92 Å². The van der Waals surface area contributed by atoms with Crippen molar-refractivity contribution in [3.05, 3.63) is 53.4 Å². The number of nitrogens with one attached hydrogen (secondary N) is 1. The monoisotopic (exact) mass is 352 g/mol. The number of aliphatic imine (C=N–C) groups is 2. The third-order valence-electron chi connectivity index (χ3n) is 4.19. The van der Waals surface area contributed by atoms with Crippen LogP contribution in [0.5, 0.6) is 0 Å². The second kappa shape index (κ2) is 9.82. The molecule has 0 radical (unpaired) electrons. The molecule has 0 amide bonds. The molecule has 5 heteroatoms. The number of amidine groups is 1. The number of hydrogen-bond acceptors (Lipinski definition) is 5. The van der Waals surface area contributed by atoms with Crippen molar-refractivity contribution in [1.82, 2.24) is 4.98 Å². The van der Waals surface area contributed by atoms with Crippen molar-refractivity contribution >= 4 is 22.8 Å². The van der Waals surface area contributed by atoms with E-state index in [0.29, 0.717) is 13.2 Å². The first kappa shape index (κ1) is 19.8. The molecule has 5 nitrogen and oxygen atoms in total. The quantitative estimate of drug-likeness (QED) is 0.590. The van der Waals surface area contributed by atoms with E-state index in [1.54, 1.807) is 7.11 Å². The Bertz CT molecular complexity index is 785. The van der Waals surface area contributed by atoms with E-state index >= 15 is 0 Å². The summed E-state index contributed by atoms with van der Waals surface area (Å²) >= 11 is 0. The Morgan fingerprint density at radius 2 is 2.08 bits per heavy atom. The van der Waals surface area contributed by atoms with Crippen molar-refractivity contribution in [2.75, 3.05) is 32.1 Å². The molecule has 0 bridgehead atoms. The molecule has 0 aromatic carbocycles. The van der Waals surface area contributed by atoms with E-state index in [1.807, 2.05) is 32.3 Å². The summed E-state index contributed by atoms with van der Waals surface area (Å²) in [5.41, 5.74) is 6.40. The van der Waals surface area contributed by atoms with E-state index in [9.17, 15) is 0 Å². The fourth-order valence-electron chi connectivity index (χ4n) is 2.69. The molecule has 1 aliphatic rings. The molecular weight excluding hydrogens is 324 g/mol. The van der Waals surface area contributed by atoms with Gasteiger partial charge in [0.25, 0.3) is 0 Å². The van der Waals surface area contributed by atoms with Crippen LogP contribution in [-0.4, -0.2) is 43.3 Å². The Morgan fingerprint density at radius 3 is 2.81 bits per heavy atom. The normalized spacial score (nSPS) is 15.4. The molecule has 138 valence electrons. The van der Waals surface area contributed by atoms with Crippen LogP contribution in [0.1, 0.15) is 31.9 Å². The molecular formula is C21H28N4O. The van der Waals surface area contributed by atoms with Crippen molar-refractivity contribution in [3.63, 3.8) is 0 Å². The van der Waals surface area contributed by atoms with Gasteiger partial charge in [-0.3, -0.25) is 9.98 Å². The predicted octanol–water partition coefficient (Wildman–Crippen LogP) is 4.23. The molecule has 0 saturated carbocycles. The first-order chi connectivity index (χ1) is 12.6. The number of ether oxygens (including phenoxy) is 1. The Kier molecular flexibility index (Phi) is 7.48. The van der Waals surface area contributed by atoms with E-state index < -0.39 is 0 Å². The van der Waals surface area contributed by atoms with Gasteiger partial charge in [-0.2, -0.15) is 0 Å². The van der Waals surface area contributed by atoms with Crippen molar-refractivity contribution in [1.29, 1.82) is 0 Å². The maximum absolute atomic E-state index is 5.12. The lowest BCUT2D eigenvalue weighted by Gasteiger charge is -2.14. The van der Waals surface area contributed by atoms with Gasteiger partial charge in [0.05, 0.1) is 30.7 Å². The zero-order valence-electron chi connectivity index (χ0n) is 16.3. The van der Waals surface area contributed by atoms with Gasteiger partial charge >= 0.3 is 0 Å². The third kappa shape index (κ3) is 5.23. The number of nitrogens with zero attached hydrogens (tertiary/aromatic N) is 3. The van der Waals surface area contributed by atoms with Crippen molar-refractivity contribution in [2.45, 2.75) is 27.7 Å². The van der Waals surface area contributed by atoms with E-state index in [2.05, 4.69) is 52.4 Å². The second-order valence-electron chi connectivity index (χ2n) is 6.15. The maximum atomic E-state index is 5.12. The standard InChI is InChI=1S/C21H28N4O/c1-6-7-18(12-20-15(2)8-9-23-17(4)25-20)19-13-22-14-21(16(19)3)24-10-11-26-5/h6-8,12-14,24H,9-11H2,1-5H3/b7-6-,18-12+. The van der Waals surface area contributed by atoms with Crippen LogP contribution in [0.2, 0.25) is 0 Å². The summed E-state index contributed by atoms with van der Waals surface area (Å²) in [6, 6.07) is 0. The number of allylic oxidation sites excluding steroid dienone is 5. The highest BCUT2D eigenvalue weighted by molar-refractivity contribution is 6.17. The van der Waals surface area contributed by atoms with Crippen LogP contribution in [0.15, 0.2) is 52.3 Å². The van der Waals surface area contributed by atoms with Crippen LogP contribution < -0.4 is 5.32 Å². The third-order valence-corrected chi connectivity index (χ3v) is 4.19. The minimum atomic E-state index is 0.653. The predicted molar refractivity (Wildman–Crippen MR) is 111 cm³/mol. The number of aromatic nitrogens is 1. The number of rotatable bonds is 7. The molecule has 1 aromatic heterocycles. The minimum absolute atomic E-state index is 0.653. The number of anilines is 1. The minimum Gasteiger partial charge on any atom is -0.383 e. The number of hydrogen-bond donors (Lipinski definition) is 1. The fourth-order valence-corrected chi connectivity index (χ4v) is 2.69. The Morgan fingerprint density at radius 1 is 1.27 bits per heavy atom. The van der Waals surface area contributed by atoms with Gasteiger partial charge in [0.2, 0.25) is 0 Å². The maximum Gasteiger partial charge on any atom is 0.121 e. The lowest BCUT2D eigenvalue weighted by atomic mass is 9.98. The molecule has 2 rings (SSSR count). The van der Waals surface area contributed by atoms with E-state index in [1.165, 1.54) is 0 Å². The molecule has 0 aliphatic carbocycles. The van der Waals surface area contributed by atoms with Crippen LogP contribution >= 0.6 is 0 Å². The second-order valence-corrected chi connectivity index (χ2v) is 6.15. The number of methoxy groups -OCH3 is 1. The Balaban J connectivity index is 2.44. The van der Waals surface area contributed by atoms with E-state index in [4.69, 9.17) is 4.74 Å². The average Bonchev–Trinajstić information content (AvgIpc) is 2.77. The summed E-state index contributed by atoms with van der Waals surface area (Å²) in [5, 5.41) is 3.38. The van der Waals surface area contributed by atoms with Gasteiger partial charge < -0.3 is 10.1 Å². The summed E-state index contributed by atoms with van der Waals surface area (Å²) in [6.07, 6.45) is 12.1. The van der Waals surface area contributed by atoms with Gasteiger partial charge in [-0.1, -0.05) is 18.2 Å².